The molecule has 1 aliphatic rings. The minimum Gasteiger partial charge on any atom is -0.380 e. The lowest BCUT2D eigenvalue weighted by Gasteiger charge is -2.38. The Bertz CT molecular complexity index is 176. The number of carbonyl (C=O) groups excluding carboxylic acids is 1. The minimum absolute atomic E-state index is 0.0388. The second kappa shape index (κ2) is 3.31. The molecule has 0 spiro atoms. The predicted octanol–water partition coefficient (Wildman–Crippen LogP) is 0.294. The molecule has 0 radical (unpaired) electrons. The Morgan fingerprint density at radius 1 is 1.58 bits per heavy atom. The van der Waals surface area contributed by atoms with Crippen LogP contribution in [0.4, 0.5) is 4.79 Å². The first-order chi connectivity index (χ1) is 5.53. The molecule has 1 heterocycles. The Morgan fingerprint density at radius 2 is 2.17 bits per heavy atom. The topological polar surface area (TPSA) is 41.6 Å². The molecule has 0 atom stereocenters. The van der Waals surface area contributed by atoms with E-state index >= 15 is 0 Å². The van der Waals surface area contributed by atoms with Crippen LogP contribution in [-0.4, -0.2) is 44.8 Å². The molecule has 4 nitrogen and oxygen atoms in total. The van der Waals surface area contributed by atoms with Gasteiger partial charge in [0.05, 0.1) is 13.2 Å². The summed E-state index contributed by atoms with van der Waals surface area (Å²) in [6.45, 7) is 4.30. The normalized spacial score (nSPS) is 19.6. The number of carbonyl (C=O) groups is 1. The first-order valence-electron chi connectivity index (χ1n) is 4.06. The maximum atomic E-state index is 11.1. The molecule has 0 aromatic rings. The molecule has 1 aliphatic heterocycles. The highest BCUT2D eigenvalue weighted by Crippen LogP contribution is 2.24. The van der Waals surface area contributed by atoms with E-state index in [1.807, 2.05) is 0 Å². The first-order valence-corrected chi connectivity index (χ1v) is 4.06. The lowest BCUT2D eigenvalue weighted by Crippen LogP contribution is -2.50. The molecule has 70 valence electrons. The Morgan fingerprint density at radius 3 is 2.50 bits per heavy atom. The van der Waals surface area contributed by atoms with E-state index in [0.29, 0.717) is 6.54 Å². The fourth-order valence-electron chi connectivity index (χ4n) is 1.000. The summed E-state index contributed by atoms with van der Waals surface area (Å²) < 4.78 is 5.07. The number of nitrogens with one attached hydrogen (secondary N) is 1. The van der Waals surface area contributed by atoms with E-state index in [1.165, 1.54) is 4.90 Å². The first kappa shape index (κ1) is 9.32. The average molecular weight is 172 g/mol. The summed E-state index contributed by atoms with van der Waals surface area (Å²) in [4.78, 5) is 12.6. The van der Waals surface area contributed by atoms with Crippen LogP contribution in [0.5, 0.6) is 0 Å². The van der Waals surface area contributed by atoms with Crippen LogP contribution >= 0.6 is 0 Å². The third kappa shape index (κ3) is 2.11. The number of nitrogens with zero attached hydrogens (tertiary/aromatic N) is 1. The molecule has 2 amide bonds. The number of hydrogen-bond acceptors (Lipinski definition) is 2. The standard InChI is InChI=1S/C8H16N2O2/c1-8(5-12-6-8)4-9-7(11)10(2)3/h4-6H2,1-3H3,(H,9,11). The van der Waals surface area contributed by atoms with Crippen molar-refractivity contribution in [1.29, 1.82) is 0 Å². The van der Waals surface area contributed by atoms with Gasteiger partial charge in [0.15, 0.2) is 0 Å². The fourth-order valence-corrected chi connectivity index (χ4v) is 1.000. The zero-order valence-corrected chi connectivity index (χ0v) is 7.89. The minimum atomic E-state index is -0.0388. The van der Waals surface area contributed by atoms with Crippen molar-refractivity contribution in [2.45, 2.75) is 6.92 Å². The van der Waals surface area contributed by atoms with Gasteiger partial charge in [-0.3, -0.25) is 0 Å². The molecular weight excluding hydrogens is 156 g/mol. The van der Waals surface area contributed by atoms with Crippen LogP contribution in [0.25, 0.3) is 0 Å². The SMILES string of the molecule is CN(C)C(=O)NCC1(C)COC1. The number of urea groups is 1. The third-order valence-electron chi connectivity index (χ3n) is 1.97. The number of ether oxygens (including phenoxy) is 1. The average Bonchev–Trinajstić information content (AvgIpc) is 1.96. The molecule has 12 heavy (non-hydrogen) atoms. The van der Waals surface area contributed by atoms with Gasteiger partial charge in [0.2, 0.25) is 0 Å². The van der Waals surface area contributed by atoms with E-state index in [-0.39, 0.29) is 11.4 Å². The largest absolute Gasteiger partial charge is 0.380 e. The van der Waals surface area contributed by atoms with Gasteiger partial charge < -0.3 is 15.0 Å². The van der Waals surface area contributed by atoms with Gasteiger partial charge in [0.1, 0.15) is 0 Å². The van der Waals surface area contributed by atoms with Crippen molar-refractivity contribution in [3.8, 4) is 0 Å². The van der Waals surface area contributed by atoms with E-state index in [4.69, 9.17) is 4.74 Å². The highest BCUT2D eigenvalue weighted by Gasteiger charge is 2.33. The van der Waals surface area contributed by atoms with Gasteiger partial charge in [-0.15, -0.1) is 0 Å². The van der Waals surface area contributed by atoms with E-state index in [1.54, 1.807) is 14.1 Å². The van der Waals surface area contributed by atoms with Gasteiger partial charge in [-0.05, 0) is 0 Å². The van der Waals surface area contributed by atoms with Crippen molar-refractivity contribution in [2.24, 2.45) is 5.41 Å². The highest BCUT2D eigenvalue weighted by atomic mass is 16.5. The number of rotatable bonds is 2. The van der Waals surface area contributed by atoms with E-state index < -0.39 is 0 Å². The Kier molecular flexibility index (Phi) is 2.57. The highest BCUT2D eigenvalue weighted by molar-refractivity contribution is 5.73. The van der Waals surface area contributed by atoms with Crippen LogP contribution in [0.2, 0.25) is 0 Å². The molecule has 1 fully saturated rings. The van der Waals surface area contributed by atoms with Crippen LogP contribution in [0.3, 0.4) is 0 Å². The molecule has 0 aliphatic carbocycles. The molecule has 1 rings (SSSR count). The van der Waals surface area contributed by atoms with Gasteiger partial charge in [0, 0.05) is 26.1 Å². The molecular formula is C8H16N2O2. The summed E-state index contributed by atoms with van der Waals surface area (Å²) in [5, 5.41) is 2.83. The van der Waals surface area contributed by atoms with E-state index in [9.17, 15) is 4.79 Å². The Labute approximate surface area is 72.9 Å². The van der Waals surface area contributed by atoms with Crippen LogP contribution < -0.4 is 5.32 Å². The van der Waals surface area contributed by atoms with Crippen LogP contribution in [0.15, 0.2) is 0 Å². The molecule has 1 saturated heterocycles. The molecule has 4 heteroatoms. The van der Waals surface area contributed by atoms with Crippen LogP contribution in [-0.2, 0) is 4.74 Å². The van der Waals surface area contributed by atoms with E-state index in [2.05, 4.69) is 12.2 Å². The summed E-state index contributed by atoms with van der Waals surface area (Å²) in [6, 6.07) is -0.0388. The summed E-state index contributed by atoms with van der Waals surface area (Å²) in [5.74, 6) is 0. The Hall–Kier alpha value is -0.770. The lowest BCUT2D eigenvalue weighted by molar-refractivity contribution is -0.0977. The fraction of sp³-hybridized carbons (Fsp3) is 0.875. The van der Waals surface area contributed by atoms with Gasteiger partial charge in [-0.25, -0.2) is 4.79 Å². The third-order valence-corrected chi connectivity index (χ3v) is 1.97. The molecule has 0 unspecified atom stereocenters. The second-order valence-corrected chi connectivity index (χ2v) is 3.86. The summed E-state index contributed by atoms with van der Waals surface area (Å²) in [7, 11) is 3.46. The van der Waals surface area contributed by atoms with Crippen molar-refractivity contribution in [3.05, 3.63) is 0 Å². The molecule has 0 bridgehead atoms. The van der Waals surface area contributed by atoms with Gasteiger partial charge in [-0.2, -0.15) is 0 Å². The van der Waals surface area contributed by atoms with Crippen molar-refractivity contribution in [2.75, 3.05) is 33.9 Å². The molecule has 0 saturated carbocycles. The molecule has 0 aromatic heterocycles. The monoisotopic (exact) mass is 172 g/mol. The zero-order chi connectivity index (χ0) is 9.19. The summed E-state index contributed by atoms with van der Waals surface area (Å²) >= 11 is 0. The van der Waals surface area contributed by atoms with Gasteiger partial charge >= 0.3 is 6.03 Å². The maximum Gasteiger partial charge on any atom is 0.316 e. The summed E-state index contributed by atoms with van der Waals surface area (Å²) in [6.07, 6.45) is 0. The quantitative estimate of drug-likeness (QED) is 0.650. The van der Waals surface area contributed by atoms with Crippen molar-refractivity contribution in [3.63, 3.8) is 0 Å². The maximum absolute atomic E-state index is 11.1. The molecule has 1 N–H and O–H groups in total. The van der Waals surface area contributed by atoms with Gasteiger partial charge in [0.25, 0.3) is 0 Å². The predicted molar refractivity (Wildman–Crippen MR) is 46.0 cm³/mol. The van der Waals surface area contributed by atoms with Crippen LogP contribution in [0.1, 0.15) is 6.92 Å². The number of amides is 2. The zero-order valence-electron chi connectivity index (χ0n) is 7.89. The van der Waals surface area contributed by atoms with Crippen molar-refractivity contribution < 1.29 is 9.53 Å². The van der Waals surface area contributed by atoms with Crippen molar-refractivity contribution in [1.82, 2.24) is 10.2 Å². The van der Waals surface area contributed by atoms with E-state index in [0.717, 1.165) is 13.2 Å². The smallest absolute Gasteiger partial charge is 0.316 e. The number of hydrogen-bond donors (Lipinski definition) is 1. The Balaban J connectivity index is 2.21. The van der Waals surface area contributed by atoms with Crippen molar-refractivity contribution >= 4 is 6.03 Å². The van der Waals surface area contributed by atoms with Crippen LogP contribution in [0, 0.1) is 5.41 Å². The molecule has 0 aromatic carbocycles. The van der Waals surface area contributed by atoms with Gasteiger partial charge in [-0.1, -0.05) is 6.92 Å². The summed E-state index contributed by atoms with van der Waals surface area (Å²) in [5.41, 5.74) is 0.158. The lowest BCUT2D eigenvalue weighted by atomic mass is 9.89. The second-order valence-electron chi connectivity index (χ2n) is 3.86.